The van der Waals surface area contributed by atoms with Gasteiger partial charge in [-0.05, 0) is 48.7 Å². The molecule has 2 N–H and O–H groups in total. The predicted molar refractivity (Wildman–Crippen MR) is 155 cm³/mol. The van der Waals surface area contributed by atoms with Gasteiger partial charge in [0.1, 0.15) is 10.9 Å². The largest absolute Gasteiger partial charge is 0.481 e. The van der Waals surface area contributed by atoms with Crippen LogP contribution >= 0.6 is 23.5 Å². The smallest absolute Gasteiger partial charge is 0.312 e. The number of aromatic nitrogens is 2. The minimum Gasteiger partial charge on any atom is -0.481 e. The molecule has 5 aromatic rings. The molecule has 1 unspecified atom stereocenters. The molecule has 37 heavy (non-hydrogen) atoms. The molecule has 6 heteroatoms. The summed E-state index contributed by atoms with van der Waals surface area (Å²) in [7, 11) is 0. The van der Waals surface area contributed by atoms with E-state index in [1.54, 1.807) is 23.5 Å². The number of carbonyl (C=O) groups is 1. The number of aromatic amines is 1. The van der Waals surface area contributed by atoms with E-state index in [4.69, 9.17) is 4.98 Å². The Kier molecular flexibility index (Phi) is 7.06. The third kappa shape index (κ3) is 5.55. The topological polar surface area (TPSA) is 66.0 Å². The molecule has 0 aliphatic carbocycles. The van der Waals surface area contributed by atoms with Gasteiger partial charge in [0.15, 0.2) is 0 Å². The Morgan fingerprint density at radius 1 is 0.973 bits per heavy atom. The molecule has 188 valence electrons. The van der Waals surface area contributed by atoms with Crippen molar-refractivity contribution in [1.82, 2.24) is 9.97 Å². The highest BCUT2D eigenvalue weighted by atomic mass is 32.2. The minimum absolute atomic E-state index is 0.0881. The molecular weight excluding hydrogens is 496 g/mol. The van der Waals surface area contributed by atoms with E-state index in [2.05, 4.69) is 63.0 Å². The van der Waals surface area contributed by atoms with E-state index in [1.165, 1.54) is 0 Å². The van der Waals surface area contributed by atoms with Crippen molar-refractivity contribution in [2.45, 2.75) is 59.6 Å². The van der Waals surface area contributed by atoms with Gasteiger partial charge >= 0.3 is 5.97 Å². The first-order valence-corrected chi connectivity index (χ1v) is 14.0. The van der Waals surface area contributed by atoms with Gasteiger partial charge < -0.3 is 10.1 Å². The Balaban J connectivity index is 1.61. The van der Waals surface area contributed by atoms with Crippen molar-refractivity contribution in [3.8, 4) is 0 Å². The lowest BCUT2D eigenvalue weighted by Gasteiger charge is -2.21. The number of carboxylic acids is 1. The average Bonchev–Trinajstić information content (AvgIpc) is 3.21. The van der Waals surface area contributed by atoms with Crippen LogP contribution in [0.4, 0.5) is 0 Å². The number of nitrogens with zero attached hydrogens (tertiary/aromatic N) is 1. The number of nitrogens with one attached hydrogen (secondary N) is 1. The van der Waals surface area contributed by atoms with Crippen LogP contribution in [-0.2, 0) is 11.2 Å². The highest BCUT2D eigenvalue weighted by molar-refractivity contribution is 8.01. The Labute approximate surface area is 225 Å². The lowest BCUT2D eigenvalue weighted by molar-refractivity contribution is -0.138. The molecule has 4 nitrogen and oxygen atoms in total. The van der Waals surface area contributed by atoms with Crippen molar-refractivity contribution < 1.29 is 9.90 Å². The molecule has 2 heterocycles. The number of aliphatic carboxylic acids is 1. The first-order valence-electron chi connectivity index (χ1n) is 12.3. The van der Waals surface area contributed by atoms with Gasteiger partial charge in [-0.3, -0.25) is 4.79 Å². The number of thioether (sulfide) groups is 1. The van der Waals surface area contributed by atoms with Crippen molar-refractivity contribution in [3.63, 3.8) is 0 Å². The fraction of sp³-hybridized carbons (Fsp3) is 0.226. The number of para-hydroxylation sites is 1. The fourth-order valence-corrected chi connectivity index (χ4v) is 6.75. The van der Waals surface area contributed by atoms with Crippen LogP contribution in [0.25, 0.3) is 21.8 Å². The first kappa shape index (κ1) is 25.4. The van der Waals surface area contributed by atoms with E-state index in [0.717, 1.165) is 53.4 Å². The second-order valence-corrected chi connectivity index (χ2v) is 13.1. The zero-order valence-corrected chi connectivity index (χ0v) is 23.0. The number of hydrogen-bond acceptors (Lipinski definition) is 4. The highest BCUT2D eigenvalue weighted by Crippen LogP contribution is 2.45. The van der Waals surface area contributed by atoms with E-state index in [9.17, 15) is 9.90 Å². The number of aryl methyl sites for hydroxylation is 1. The van der Waals surface area contributed by atoms with E-state index in [-0.39, 0.29) is 4.75 Å². The summed E-state index contributed by atoms with van der Waals surface area (Å²) in [6, 6.07) is 26.3. The van der Waals surface area contributed by atoms with Crippen molar-refractivity contribution in [3.05, 3.63) is 95.7 Å². The normalized spacial score (nSPS) is 12.8. The van der Waals surface area contributed by atoms with Gasteiger partial charge in [-0.15, -0.1) is 11.8 Å². The number of carboxylic acid groups (broad SMARTS) is 1. The minimum atomic E-state index is -0.821. The zero-order chi connectivity index (χ0) is 26.2. The van der Waals surface area contributed by atoms with Crippen molar-refractivity contribution >= 4 is 51.3 Å². The zero-order valence-electron chi connectivity index (χ0n) is 21.4. The summed E-state index contributed by atoms with van der Waals surface area (Å²) >= 11 is 3.38. The molecule has 1 atom stereocenters. The number of pyridine rings is 1. The number of H-pyrrole nitrogens is 1. The lowest BCUT2D eigenvalue weighted by atomic mass is 9.96. The van der Waals surface area contributed by atoms with Crippen LogP contribution in [0.1, 0.15) is 43.5 Å². The van der Waals surface area contributed by atoms with Crippen LogP contribution in [0.15, 0.2) is 93.7 Å². The summed E-state index contributed by atoms with van der Waals surface area (Å²) in [6.07, 6.45) is 0.433. The number of hydrogen-bond donors (Lipinski definition) is 2. The molecule has 3 aromatic carbocycles. The van der Waals surface area contributed by atoms with E-state index in [1.807, 2.05) is 48.5 Å². The van der Waals surface area contributed by atoms with Gasteiger partial charge in [0, 0.05) is 36.5 Å². The Morgan fingerprint density at radius 3 is 2.43 bits per heavy atom. The Morgan fingerprint density at radius 2 is 1.70 bits per heavy atom. The third-order valence-corrected chi connectivity index (χ3v) is 8.62. The average molecular weight is 527 g/mol. The number of fused-ring (bicyclic) bond motifs is 2. The van der Waals surface area contributed by atoms with Crippen LogP contribution in [0.3, 0.4) is 0 Å². The van der Waals surface area contributed by atoms with Gasteiger partial charge in [0.25, 0.3) is 0 Å². The summed E-state index contributed by atoms with van der Waals surface area (Å²) < 4.78 is -0.0881. The lowest BCUT2D eigenvalue weighted by Crippen LogP contribution is -2.17. The quantitative estimate of drug-likeness (QED) is 0.208. The van der Waals surface area contributed by atoms with Crippen molar-refractivity contribution in [2.75, 3.05) is 0 Å². The molecule has 0 aliphatic heterocycles. The molecule has 0 amide bonds. The maximum absolute atomic E-state index is 12.6. The molecular formula is C31H30N2O2S2. The van der Waals surface area contributed by atoms with Gasteiger partial charge in [-0.2, -0.15) is 0 Å². The molecule has 0 radical (unpaired) electrons. The monoisotopic (exact) mass is 526 g/mol. The van der Waals surface area contributed by atoms with E-state index in [0.29, 0.717) is 6.42 Å². The molecule has 0 fully saturated rings. The molecule has 2 aromatic heterocycles. The van der Waals surface area contributed by atoms with Gasteiger partial charge in [0.05, 0.1) is 5.52 Å². The SMILES string of the molecule is Cc1c(Sc2ccc3ccccc3n2)ccc2[nH]c(C(Cc3ccccc3)C(=O)O)c(SC(C)(C)C)c12. The molecule has 0 saturated heterocycles. The van der Waals surface area contributed by atoms with Gasteiger partial charge in [-0.1, -0.05) is 87.1 Å². The maximum Gasteiger partial charge on any atom is 0.312 e. The summed E-state index contributed by atoms with van der Waals surface area (Å²) in [4.78, 5) is 23.1. The number of benzene rings is 3. The summed E-state index contributed by atoms with van der Waals surface area (Å²) in [5.41, 5.74) is 4.87. The Hall–Kier alpha value is -3.22. The second-order valence-electron chi connectivity index (χ2n) is 10.2. The third-order valence-electron chi connectivity index (χ3n) is 6.28. The van der Waals surface area contributed by atoms with Crippen LogP contribution in [-0.4, -0.2) is 25.8 Å². The summed E-state index contributed by atoms with van der Waals surface area (Å²) in [6.45, 7) is 8.63. The molecule has 0 bridgehead atoms. The highest BCUT2D eigenvalue weighted by Gasteiger charge is 2.30. The van der Waals surface area contributed by atoms with Crippen molar-refractivity contribution in [1.29, 1.82) is 0 Å². The van der Waals surface area contributed by atoms with Crippen LogP contribution in [0, 0.1) is 6.92 Å². The summed E-state index contributed by atoms with van der Waals surface area (Å²) in [5.74, 6) is -1.49. The van der Waals surface area contributed by atoms with Crippen LogP contribution in [0.5, 0.6) is 0 Å². The van der Waals surface area contributed by atoms with Crippen LogP contribution in [0.2, 0.25) is 0 Å². The van der Waals surface area contributed by atoms with E-state index >= 15 is 0 Å². The van der Waals surface area contributed by atoms with Gasteiger partial charge in [0.2, 0.25) is 0 Å². The molecule has 0 aliphatic rings. The van der Waals surface area contributed by atoms with Crippen molar-refractivity contribution in [2.24, 2.45) is 0 Å². The van der Waals surface area contributed by atoms with Gasteiger partial charge in [-0.25, -0.2) is 4.98 Å². The summed E-state index contributed by atoms with van der Waals surface area (Å²) in [5, 5.41) is 13.5. The predicted octanol–water partition coefficient (Wildman–Crippen LogP) is 8.48. The fourth-order valence-electron chi connectivity index (χ4n) is 4.57. The second kappa shape index (κ2) is 10.3. The molecule has 0 spiro atoms. The molecule has 0 saturated carbocycles. The molecule has 5 rings (SSSR count). The standard InChI is InChI=1S/C31H30N2O2S2/c1-19-25(36-26-17-14-21-12-8-9-13-23(21)32-26)16-15-24-27(19)29(37-31(2,3)4)28(33-24)22(30(34)35)18-20-10-6-5-7-11-20/h5-17,22,33H,18H2,1-4H3,(H,34,35). The first-order chi connectivity index (χ1) is 17.7. The van der Waals surface area contributed by atoms with E-state index < -0.39 is 11.9 Å². The number of rotatable bonds is 7. The maximum atomic E-state index is 12.6. The Bertz CT molecular complexity index is 1590. The van der Waals surface area contributed by atoms with Crippen LogP contribution < -0.4 is 0 Å².